The van der Waals surface area contributed by atoms with Crippen molar-refractivity contribution in [2.75, 3.05) is 6.54 Å². The van der Waals surface area contributed by atoms with Crippen LogP contribution in [0.1, 0.15) is 33.1 Å². The molecule has 0 spiro atoms. The molecule has 3 N–H and O–H groups in total. The quantitative estimate of drug-likeness (QED) is 0.630. The second-order valence-corrected chi connectivity index (χ2v) is 3.05. The molecule has 0 aromatic heterocycles. The van der Waals surface area contributed by atoms with Crippen LogP contribution >= 0.6 is 0 Å². The maximum atomic E-state index is 11.1. The Balaban J connectivity index is 3.94. The molecule has 0 fully saturated rings. The van der Waals surface area contributed by atoms with Gasteiger partial charge in [-0.2, -0.15) is 0 Å². The predicted molar refractivity (Wildman–Crippen MR) is 50.9 cm³/mol. The Morgan fingerprint density at radius 1 is 1.38 bits per heavy atom. The first-order valence-corrected chi connectivity index (χ1v) is 4.67. The van der Waals surface area contributed by atoms with Gasteiger partial charge in [0.1, 0.15) is 0 Å². The van der Waals surface area contributed by atoms with E-state index >= 15 is 0 Å². The summed E-state index contributed by atoms with van der Waals surface area (Å²) in [4.78, 5) is 22.0. The maximum absolute atomic E-state index is 11.1. The Bertz CT molecular complexity index is 180. The molecule has 0 aliphatic rings. The van der Waals surface area contributed by atoms with Crippen LogP contribution in [-0.2, 0) is 9.59 Å². The normalized spacial score (nSPS) is 12.2. The summed E-state index contributed by atoms with van der Waals surface area (Å²) in [6.45, 7) is 4.40. The Morgan fingerprint density at radius 3 is 2.38 bits per heavy atom. The molecule has 0 rings (SSSR count). The van der Waals surface area contributed by atoms with Crippen molar-refractivity contribution in [3.8, 4) is 0 Å². The third-order valence-corrected chi connectivity index (χ3v) is 1.85. The fourth-order valence-corrected chi connectivity index (χ4v) is 1.19. The van der Waals surface area contributed by atoms with E-state index in [0.717, 1.165) is 6.42 Å². The molecule has 2 amide bonds. The van der Waals surface area contributed by atoms with Gasteiger partial charge in [0, 0.05) is 18.9 Å². The molecule has 0 aromatic rings. The van der Waals surface area contributed by atoms with Crippen LogP contribution in [0.5, 0.6) is 0 Å². The van der Waals surface area contributed by atoms with Gasteiger partial charge < -0.3 is 11.1 Å². The summed E-state index contributed by atoms with van der Waals surface area (Å²) in [6, 6.07) is 0. The van der Waals surface area contributed by atoms with Crippen LogP contribution in [-0.4, -0.2) is 18.4 Å². The van der Waals surface area contributed by atoms with Crippen molar-refractivity contribution >= 4 is 11.8 Å². The number of amides is 2. The van der Waals surface area contributed by atoms with Crippen molar-refractivity contribution in [2.24, 2.45) is 11.7 Å². The summed E-state index contributed by atoms with van der Waals surface area (Å²) in [5, 5.41) is 2.64. The van der Waals surface area contributed by atoms with E-state index in [1.54, 1.807) is 0 Å². The minimum absolute atomic E-state index is 0.0975. The number of rotatable bonds is 6. The number of nitrogens with one attached hydrogen (secondary N) is 1. The average molecular weight is 186 g/mol. The molecule has 0 unspecified atom stereocenters. The van der Waals surface area contributed by atoms with Gasteiger partial charge in [0.2, 0.25) is 11.8 Å². The lowest BCUT2D eigenvalue weighted by atomic mass is 9.99. The first-order valence-electron chi connectivity index (χ1n) is 4.67. The molecule has 0 heterocycles. The zero-order valence-corrected chi connectivity index (χ0v) is 8.30. The van der Waals surface area contributed by atoms with Crippen LogP contribution in [0.25, 0.3) is 0 Å². The maximum Gasteiger partial charge on any atom is 0.221 e. The van der Waals surface area contributed by atoms with E-state index in [1.165, 1.54) is 0 Å². The lowest BCUT2D eigenvalue weighted by Gasteiger charge is -2.10. The molecule has 13 heavy (non-hydrogen) atoms. The molecular weight excluding hydrogens is 168 g/mol. The molecule has 0 aliphatic carbocycles. The number of hydrogen-bond donors (Lipinski definition) is 2. The Labute approximate surface area is 78.9 Å². The minimum atomic E-state index is -0.381. The third-order valence-electron chi connectivity index (χ3n) is 1.85. The van der Waals surface area contributed by atoms with Crippen molar-refractivity contribution < 1.29 is 9.59 Å². The van der Waals surface area contributed by atoms with Gasteiger partial charge in [0.05, 0.1) is 0 Å². The summed E-state index contributed by atoms with van der Waals surface area (Å²) in [5.74, 6) is -0.788. The minimum Gasteiger partial charge on any atom is -0.369 e. The van der Waals surface area contributed by atoms with Crippen molar-refractivity contribution in [1.29, 1.82) is 0 Å². The molecule has 4 nitrogen and oxygen atoms in total. The first-order chi connectivity index (χ1) is 6.11. The third kappa shape index (κ3) is 5.22. The summed E-state index contributed by atoms with van der Waals surface area (Å²) in [6.07, 6.45) is 1.77. The predicted octanol–water partition coefficient (Wildman–Crippen LogP) is 0.414. The second kappa shape index (κ2) is 6.46. The van der Waals surface area contributed by atoms with E-state index in [1.807, 2.05) is 13.8 Å². The monoisotopic (exact) mass is 186 g/mol. The highest BCUT2D eigenvalue weighted by Gasteiger charge is 2.17. The summed E-state index contributed by atoms with van der Waals surface area (Å²) >= 11 is 0. The number of hydrogen-bond acceptors (Lipinski definition) is 2. The first kappa shape index (κ1) is 11.9. The Morgan fingerprint density at radius 2 is 2.00 bits per heavy atom. The summed E-state index contributed by atoms with van der Waals surface area (Å²) in [5.41, 5.74) is 5.15. The molecule has 0 radical (unpaired) electrons. The van der Waals surface area contributed by atoms with Gasteiger partial charge in [-0.05, 0) is 13.3 Å². The van der Waals surface area contributed by atoms with Crippen LogP contribution in [0.15, 0.2) is 0 Å². The molecule has 0 bridgehead atoms. The van der Waals surface area contributed by atoms with Gasteiger partial charge in [-0.3, -0.25) is 9.59 Å². The van der Waals surface area contributed by atoms with Gasteiger partial charge in [-0.1, -0.05) is 13.3 Å². The van der Waals surface area contributed by atoms with E-state index in [4.69, 9.17) is 5.73 Å². The fourth-order valence-electron chi connectivity index (χ4n) is 1.19. The van der Waals surface area contributed by atoms with Gasteiger partial charge >= 0.3 is 0 Å². The van der Waals surface area contributed by atoms with Crippen molar-refractivity contribution in [2.45, 2.75) is 33.1 Å². The molecule has 0 aliphatic heterocycles. The highest BCUT2D eigenvalue weighted by Crippen LogP contribution is 2.09. The molecular formula is C9H18N2O2. The van der Waals surface area contributed by atoms with E-state index in [-0.39, 0.29) is 24.2 Å². The molecule has 1 atom stereocenters. The highest BCUT2D eigenvalue weighted by molar-refractivity contribution is 5.84. The largest absolute Gasteiger partial charge is 0.369 e. The standard InChI is InChI=1S/C9H18N2O2/c1-3-5-7(9(10)13)6-8(12)11-4-2/h7H,3-6H2,1-2H3,(H2,10,13)(H,11,12)/t7-/m0/s1. The number of nitrogens with two attached hydrogens (primary N) is 1. The number of primary amides is 1. The van der Waals surface area contributed by atoms with Crippen molar-refractivity contribution in [3.05, 3.63) is 0 Å². The smallest absolute Gasteiger partial charge is 0.221 e. The van der Waals surface area contributed by atoms with Crippen molar-refractivity contribution in [1.82, 2.24) is 5.32 Å². The molecule has 0 aromatic carbocycles. The van der Waals surface area contributed by atoms with Crippen LogP contribution in [0.2, 0.25) is 0 Å². The molecule has 0 saturated heterocycles. The van der Waals surface area contributed by atoms with Gasteiger partial charge in [-0.25, -0.2) is 0 Å². The SMILES string of the molecule is CCC[C@@H](CC(=O)NCC)C(N)=O. The Hall–Kier alpha value is -1.06. The van der Waals surface area contributed by atoms with E-state index in [0.29, 0.717) is 13.0 Å². The molecule has 4 heteroatoms. The van der Waals surface area contributed by atoms with Crippen LogP contribution in [0, 0.1) is 5.92 Å². The zero-order chi connectivity index (χ0) is 10.3. The second-order valence-electron chi connectivity index (χ2n) is 3.05. The average Bonchev–Trinajstić information content (AvgIpc) is 2.04. The highest BCUT2D eigenvalue weighted by atomic mass is 16.2. The van der Waals surface area contributed by atoms with Gasteiger partial charge in [-0.15, -0.1) is 0 Å². The van der Waals surface area contributed by atoms with Crippen LogP contribution in [0.4, 0.5) is 0 Å². The molecule has 0 saturated carbocycles. The zero-order valence-electron chi connectivity index (χ0n) is 8.30. The molecule has 76 valence electrons. The van der Waals surface area contributed by atoms with Crippen LogP contribution in [0.3, 0.4) is 0 Å². The van der Waals surface area contributed by atoms with Gasteiger partial charge in [0.25, 0.3) is 0 Å². The van der Waals surface area contributed by atoms with E-state index in [2.05, 4.69) is 5.32 Å². The fraction of sp³-hybridized carbons (Fsp3) is 0.778. The van der Waals surface area contributed by atoms with Crippen LogP contribution < -0.4 is 11.1 Å². The Kier molecular flexibility index (Phi) is 5.93. The van der Waals surface area contributed by atoms with Gasteiger partial charge in [0.15, 0.2) is 0 Å². The lowest BCUT2D eigenvalue weighted by molar-refractivity contribution is -0.128. The van der Waals surface area contributed by atoms with E-state index < -0.39 is 0 Å². The topological polar surface area (TPSA) is 72.2 Å². The lowest BCUT2D eigenvalue weighted by Crippen LogP contribution is -2.31. The van der Waals surface area contributed by atoms with E-state index in [9.17, 15) is 9.59 Å². The summed E-state index contributed by atoms with van der Waals surface area (Å²) < 4.78 is 0. The number of carbonyl (C=O) groups excluding carboxylic acids is 2. The van der Waals surface area contributed by atoms with Crippen molar-refractivity contribution in [3.63, 3.8) is 0 Å². The summed E-state index contributed by atoms with van der Waals surface area (Å²) in [7, 11) is 0. The number of carbonyl (C=O) groups is 2.